The minimum absolute atomic E-state index is 0.0251. The van der Waals surface area contributed by atoms with Crippen LogP contribution in [0.5, 0.6) is 0 Å². The fraction of sp³-hybridized carbons (Fsp3) is 0.632. The van der Waals surface area contributed by atoms with Gasteiger partial charge in [-0.3, -0.25) is 9.59 Å². The van der Waals surface area contributed by atoms with Crippen molar-refractivity contribution < 1.29 is 38.2 Å². The third-order valence-electron chi connectivity index (χ3n) is 4.47. The van der Waals surface area contributed by atoms with Crippen molar-refractivity contribution in [2.45, 2.75) is 51.7 Å². The Labute approximate surface area is 177 Å². The van der Waals surface area contributed by atoms with Crippen molar-refractivity contribution in [2.75, 3.05) is 20.4 Å². The molecule has 1 aromatic rings. The van der Waals surface area contributed by atoms with E-state index in [-0.39, 0.29) is 43.4 Å². The number of hydroxylamine groups is 2. The molecular formula is C19H26BrNO8. The van der Waals surface area contributed by atoms with Gasteiger partial charge in [-0.25, -0.2) is 9.63 Å². The Morgan fingerprint density at radius 2 is 1.97 bits per heavy atom. The molecule has 0 unspecified atom stereocenters. The Kier molecular flexibility index (Phi) is 7.61. The molecule has 1 N–H and O–H groups in total. The van der Waals surface area contributed by atoms with Gasteiger partial charge in [0.25, 0.3) is 0 Å². The summed E-state index contributed by atoms with van der Waals surface area (Å²) in [7, 11) is 1.37. The number of Topliss-reactive ketones (excluding diaryl/α,β-unsaturated/α-hetero) is 2. The largest absolute Gasteiger partial charge is 0.465 e. The third-order valence-corrected chi connectivity index (χ3v) is 5.13. The van der Waals surface area contributed by atoms with Gasteiger partial charge >= 0.3 is 6.09 Å². The zero-order valence-electron chi connectivity index (χ0n) is 16.9. The number of rotatable bonds is 8. The first-order valence-corrected chi connectivity index (χ1v) is 9.89. The average molecular weight is 476 g/mol. The summed E-state index contributed by atoms with van der Waals surface area (Å²) in [6.07, 6.45) is -0.938. The number of furan rings is 1. The van der Waals surface area contributed by atoms with E-state index in [1.165, 1.54) is 13.4 Å². The molecule has 1 amide bonds. The number of halogens is 1. The summed E-state index contributed by atoms with van der Waals surface area (Å²) >= 11 is 3.26. The molecule has 0 spiro atoms. The fourth-order valence-corrected chi connectivity index (χ4v) is 3.60. The van der Waals surface area contributed by atoms with Gasteiger partial charge < -0.3 is 19.0 Å². The summed E-state index contributed by atoms with van der Waals surface area (Å²) in [4.78, 5) is 43.4. The number of ketones is 2. The molecule has 1 aromatic heterocycles. The van der Waals surface area contributed by atoms with Crippen LogP contribution in [0.4, 0.5) is 4.79 Å². The van der Waals surface area contributed by atoms with Crippen LogP contribution in [0.3, 0.4) is 0 Å². The zero-order valence-corrected chi connectivity index (χ0v) is 18.5. The Hall–Kier alpha value is -1.75. The lowest BCUT2D eigenvalue weighted by Gasteiger charge is -2.34. The number of hydrogen-bond acceptors (Lipinski definition) is 8. The van der Waals surface area contributed by atoms with Crippen molar-refractivity contribution in [3.05, 3.63) is 22.6 Å². The Morgan fingerprint density at radius 1 is 1.34 bits per heavy atom. The summed E-state index contributed by atoms with van der Waals surface area (Å²) < 4.78 is 15.9. The van der Waals surface area contributed by atoms with Gasteiger partial charge in [0.1, 0.15) is 34.4 Å². The molecule has 0 saturated heterocycles. The Bertz CT molecular complexity index is 738. The van der Waals surface area contributed by atoms with Gasteiger partial charge in [0.05, 0.1) is 17.3 Å². The minimum Gasteiger partial charge on any atom is -0.465 e. The van der Waals surface area contributed by atoms with Gasteiger partial charge in [-0.05, 0) is 42.8 Å². The normalized spacial score (nSPS) is 17.4. The van der Waals surface area contributed by atoms with E-state index in [0.717, 1.165) is 5.06 Å². The first kappa shape index (κ1) is 23.5. The second-order valence-electron chi connectivity index (χ2n) is 7.83. The molecule has 1 aliphatic rings. The van der Waals surface area contributed by atoms with E-state index in [2.05, 4.69) is 15.9 Å². The highest BCUT2D eigenvalue weighted by molar-refractivity contribution is 9.10. The lowest BCUT2D eigenvalue weighted by Crippen LogP contribution is -2.49. The molecule has 29 heavy (non-hydrogen) atoms. The molecule has 1 atom stereocenters. The quantitative estimate of drug-likeness (QED) is 0.346. The van der Waals surface area contributed by atoms with E-state index in [1.54, 1.807) is 26.8 Å². The maximum Gasteiger partial charge on any atom is 0.434 e. The smallest absolute Gasteiger partial charge is 0.434 e. The molecular weight excluding hydrogens is 450 g/mol. The van der Waals surface area contributed by atoms with Crippen LogP contribution in [0.1, 0.15) is 51.9 Å². The maximum absolute atomic E-state index is 12.8. The van der Waals surface area contributed by atoms with E-state index in [0.29, 0.717) is 4.47 Å². The van der Waals surface area contributed by atoms with Gasteiger partial charge in [0, 0.05) is 26.4 Å². The standard InChI is InChI=1S/C19H26BrNO8/c1-18(2,3)29-17(25)21(28-11-26-4)10-19(14(23)5-6-15(19)24)9-13(22)16-12(20)7-8-27-16/h7-8,13,22H,5-6,9-11H2,1-4H3/t13-/m1/s1. The highest BCUT2D eigenvalue weighted by Crippen LogP contribution is 2.42. The summed E-state index contributed by atoms with van der Waals surface area (Å²) in [5, 5.41) is 11.4. The number of carbonyl (C=O) groups is 3. The topological polar surface area (TPSA) is 116 Å². The van der Waals surface area contributed by atoms with Crippen molar-refractivity contribution in [1.29, 1.82) is 0 Å². The molecule has 1 saturated carbocycles. The first-order chi connectivity index (χ1) is 13.5. The summed E-state index contributed by atoms with van der Waals surface area (Å²) in [6.45, 7) is 4.35. The van der Waals surface area contributed by atoms with Crippen LogP contribution in [0.15, 0.2) is 21.2 Å². The third kappa shape index (κ3) is 5.65. The van der Waals surface area contributed by atoms with Crippen molar-refractivity contribution in [2.24, 2.45) is 5.41 Å². The van der Waals surface area contributed by atoms with Gasteiger partial charge in [-0.1, -0.05) is 0 Å². The number of methoxy groups -OCH3 is 1. The van der Waals surface area contributed by atoms with E-state index >= 15 is 0 Å². The second-order valence-corrected chi connectivity index (χ2v) is 8.69. The number of carbonyl (C=O) groups excluding carboxylic acids is 3. The van der Waals surface area contributed by atoms with Gasteiger partial charge in [-0.2, -0.15) is 5.06 Å². The van der Waals surface area contributed by atoms with E-state index in [1.807, 2.05) is 0 Å². The predicted molar refractivity (Wildman–Crippen MR) is 104 cm³/mol. The summed E-state index contributed by atoms with van der Waals surface area (Å²) in [6, 6.07) is 1.60. The van der Waals surface area contributed by atoms with Gasteiger partial charge in [0.2, 0.25) is 0 Å². The lowest BCUT2D eigenvalue weighted by molar-refractivity contribution is -0.213. The number of aliphatic hydroxyl groups is 1. The first-order valence-electron chi connectivity index (χ1n) is 9.10. The SMILES string of the molecule is COCON(CC1(C[C@@H](O)c2occc2Br)C(=O)CCC1=O)C(=O)OC(C)(C)C. The molecule has 1 heterocycles. The molecule has 2 rings (SSSR count). The second kappa shape index (κ2) is 9.38. The lowest BCUT2D eigenvalue weighted by atomic mass is 9.78. The van der Waals surface area contributed by atoms with Crippen LogP contribution < -0.4 is 0 Å². The molecule has 0 aliphatic heterocycles. The fourth-order valence-electron chi connectivity index (χ4n) is 3.13. The molecule has 1 fully saturated rings. The number of aliphatic hydroxyl groups excluding tert-OH is 1. The van der Waals surface area contributed by atoms with E-state index in [4.69, 9.17) is 18.7 Å². The Balaban J connectivity index is 2.32. The maximum atomic E-state index is 12.8. The minimum atomic E-state index is -1.64. The predicted octanol–water partition coefficient (Wildman–Crippen LogP) is 3.16. The van der Waals surface area contributed by atoms with Crippen molar-refractivity contribution in [1.82, 2.24) is 5.06 Å². The summed E-state index contributed by atoms with van der Waals surface area (Å²) in [5.41, 5.74) is -2.46. The molecule has 0 aromatic carbocycles. The average Bonchev–Trinajstić information content (AvgIpc) is 3.16. The number of hydrogen-bond donors (Lipinski definition) is 1. The Morgan fingerprint density at radius 3 is 2.45 bits per heavy atom. The molecule has 162 valence electrons. The highest BCUT2D eigenvalue weighted by Gasteiger charge is 2.53. The van der Waals surface area contributed by atoms with Crippen molar-refractivity contribution in [3.8, 4) is 0 Å². The molecule has 1 aliphatic carbocycles. The number of nitrogens with zero attached hydrogens (tertiary/aromatic N) is 1. The van der Waals surface area contributed by atoms with Crippen LogP contribution in [0.25, 0.3) is 0 Å². The van der Waals surface area contributed by atoms with E-state index in [9.17, 15) is 19.5 Å². The van der Waals surface area contributed by atoms with E-state index < -0.39 is 29.8 Å². The molecule has 0 bridgehead atoms. The highest BCUT2D eigenvalue weighted by atomic mass is 79.9. The van der Waals surface area contributed by atoms with Crippen LogP contribution in [-0.4, -0.2) is 53.9 Å². The van der Waals surface area contributed by atoms with Crippen molar-refractivity contribution in [3.63, 3.8) is 0 Å². The van der Waals surface area contributed by atoms with Gasteiger partial charge in [0.15, 0.2) is 6.79 Å². The van der Waals surface area contributed by atoms with Crippen molar-refractivity contribution >= 4 is 33.6 Å². The number of amides is 1. The zero-order chi connectivity index (χ0) is 21.8. The summed E-state index contributed by atoms with van der Waals surface area (Å²) in [5.74, 6) is -0.559. The van der Waals surface area contributed by atoms with Crippen LogP contribution in [0.2, 0.25) is 0 Å². The van der Waals surface area contributed by atoms with Crippen LogP contribution in [-0.2, 0) is 23.9 Å². The van der Waals surface area contributed by atoms with Crippen LogP contribution in [0, 0.1) is 5.41 Å². The van der Waals surface area contributed by atoms with Gasteiger partial charge in [-0.15, -0.1) is 0 Å². The number of ether oxygens (including phenoxy) is 2. The molecule has 10 heteroatoms. The molecule has 9 nitrogen and oxygen atoms in total. The van der Waals surface area contributed by atoms with Crippen LogP contribution >= 0.6 is 15.9 Å². The molecule has 0 radical (unpaired) electrons. The monoisotopic (exact) mass is 475 g/mol.